The van der Waals surface area contributed by atoms with Gasteiger partial charge in [-0.05, 0) is 11.1 Å². The quantitative estimate of drug-likeness (QED) is 0.775. The van der Waals surface area contributed by atoms with Crippen LogP contribution in [0.1, 0.15) is 29.7 Å². The van der Waals surface area contributed by atoms with E-state index in [2.05, 4.69) is 10.3 Å². The van der Waals surface area contributed by atoms with Gasteiger partial charge in [-0.25, -0.2) is 4.98 Å². The van der Waals surface area contributed by atoms with Crippen LogP contribution in [0.5, 0.6) is 0 Å². The van der Waals surface area contributed by atoms with Crippen LogP contribution in [0.4, 0.5) is 6.01 Å². The number of nitrogens with one attached hydrogen (secondary N) is 1. The van der Waals surface area contributed by atoms with E-state index in [9.17, 15) is 4.79 Å². The van der Waals surface area contributed by atoms with Crippen molar-refractivity contribution in [1.29, 1.82) is 0 Å². The molecule has 4 nitrogen and oxygen atoms in total. The Morgan fingerprint density at radius 2 is 1.61 bits per heavy atom. The molecule has 0 atom stereocenters. The maximum atomic E-state index is 12.8. The SMILES string of the molecule is CCc1cnc(NC(=O)C(c2ccccc2)c2ccccc2)o1. The number of rotatable bonds is 5. The van der Waals surface area contributed by atoms with Crippen molar-refractivity contribution in [2.45, 2.75) is 19.3 Å². The van der Waals surface area contributed by atoms with Crippen molar-refractivity contribution >= 4 is 11.9 Å². The zero-order chi connectivity index (χ0) is 16.1. The number of nitrogens with zero attached hydrogens (tertiary/aromatic N) is 1. The second-order valence-corrected chi connectivity index (χ2v) is 5.23. The number of aryl methyl sites for hydroxylation is 1. The fourth-order valence-corrected chi connectivity index (χ4v) is 2.49. The zero-order valence-corrected chi connectivity index (χ0v) is 12.9. The van der Waals surface area contributed by atoms with E-state index in [0.717, 1.165) is 23.3 Å². The summed E-state index contributed by atoms with van der Waals surface area (Å²) in [5.74, 6) is 0.178. The van der Waals surface area contributed by atoms with Crippen molar-refractivity contribution in [3.63, 3.8) is 0 Å². The lowest BCUT2D eigenvalue weighted by atomic mass is 9.90. The van der Waals surface area contributed by atoms with Gasteiger partial charge in [0.25, 0.3) is 0 Å². The van der Waals surface area contributed by atoms with Gasteiger partial charge in [-0.3, -0.25) is 10.1 Å². The van der Waals surface area contributed by atoms with Crippen LogP contribution in [0.25, 0.3) is 0 Å². The fourth-order valence-electron chi connectivity index (χ4n) is 2.49. The summed E-state index contributed by atoms with van der Waals surface area (Å²) in [6.45, 7) is 1.98. The fraction of sp³-hybridized carbons (Fsp3) is 0.158. The van der Waals surface area contributed by atoms with E-state index in [-0.39, 0.29) is 11.9 Å². The van der Waals surface area contributed by atoms with Crippen molar-refractivity contribution in [2.24, 2.45) is 0 Å². The first-order valence-corrected chi connectivity index (χ1v) is 7.63. The Kier molecular flexibility index (Phi) is 4.52. The van der Waals surface area contributed by atoms with Gasteiger partial charge in [0.15, 0.2) is 0 Å². The van der Waals surface area contributed by atoms with E-state index in [0.29, 0.717) is 0 Å². The van der Waals surface area contributed by atoms with Gasteiger partial charge in [0.05, 0.1) is 12.1 Å². The van der Waals surface area contributed by atoms with Crippen molar-refractivity contribution in [3.8, 4) is 0 Å². The molecule has 0 unspecified atom stereocenters. The van der Waals surface area contributed by atoms with Crippen LogP contribution < -0.4 is 5.32 Å². The second-order valence-electron chi connectivity index (χ2n) is 5.23. The van der Waals surface area contributed by atoms with Crippen LogP contribution in [-0.2, 0) is 11.2 Å². The van der Waals surface area contributed by atoms with E-state index >= 15 is 0 Å². The monoisotopic (exact) mass is 306 g/mol. The van der Waals surface area contributed by atoms with Gasteiger partial charge in [-0.1, -0.05) is 67.6 Å². The van der Waals surface area contributed by atoms with Crippen LogP contribution >= 0.6 is 0 Å². The number of carbonyl (C=O) groups excluding carboxylic acids is 1. The van der Waals surface area contributed by atoms with Crippen LogP contribution in [0.2, 0.25) is 0 Å². The molecule has 0 aliphatic carbocycles. The third-order valence-corrected chi connectivity index (χ3v) is 3.66. The van der Waals surface area contributed by atoms with Crippen LogP contribution in [-0.4, -0.2) is 10.9 Å². The van der Waals surface area contributed by atoms with Gasteiger partial charge in [-0.2, -0.15) is 0 Å². The summed E-state index contributed by atoms with van der Waals surface area (Å²) < 4.78 is 5.48. The number of hydrogen-bond donors (Lipinski definition) is 1. The number of benzene rings is 2. The molecule has 0 aliphatic heterocycles. The lowest BCUT2D eigenvalue weighted by Gasteiger charge is -2.16. The van der Waals surface area contributed by atoms with Gasteiger partial charge in [-0.15, -0.1) is 0 Å². The minimum Gasteiger partial charge on any atom is -0.429 e. The maximum absolute atomic E-state index is 12.8. The summed E-state index contributed by atoms with van der Waals surface area (Å²) in [4.78, 5) is 16.9. The number of carbonyl (C=O) groups is 1. The summed E-state index contributed by atoms with van der Waals surface area (Å²) in [6, 6.07) is 19.6. The molecule has 1 amide bonds. The van der Waals surface area contributed by atoms with Gasteiger partial charge in [0, 0.05) is 6.42 Å². The molecule has 23 heavy (non-hydrogen) atoms. The molecule has 2 aromatic carbocycles. The smallest absolute Gasteiger partial charge is 0.301 e. The standard InChI is InChI=1S/C19H18N2O2/c1-2-16-13-20-19(23-16)21-18(22)17(14-9-5-3-6-10-14)15-11-7-4-8-12-15/h3-13,17H,2H2,1H3,(H,20,21,22). The van der Waals surface area contributed by atoms with Crippen molar-refractivity contribution in [1.82, 2.24) is 4.98 Å². The molecule has 3 aromatic rings. The van der Waals surface area contributed by atoms with E-state index in [1.807, 2.05) is 67.6 Å². The molecule has 0 saturated carbocycles. The zero-order valence-electron chi connectivity index (χ0n) is 12.9. The molecule has 1 N–H and O–H groups in total. The molecule has 116 valence electrons. The molecule has 0 fully saturated rings. The molecule has 0 saturated heterocycles. The topological polar surface area (TPSA) is 55.1 Å². The molecule has 0 radical (unpaired) electrons. The lowest BCUT2D eigenvalue weighted by molar-refractivity contribution is -0.116. The van der Waals surface area contributed by atoms with Gasteiger partial charge < -0.3 is 4.42 Å². The van der Waals surface area contributed by atoms with Gasteiger partial charge in [0.2, 0.25) is 5.91 Å². The Balaban J connectivity index is 1.90. The average molecular weight is 306 g/mol. The third-order valence-electron chi connectivity index (χ3n) is 3.66. The predicted molar refractivity (Wildman–Crippen MR) is 89.2 cm³/mol. The molecule has 0 bridgehead atoms. The highest BCUT2D eigenvalue weighted by Crippen LogP contribution is 2.26. The maximum Gasteiger partial charge on any atom is 0.301 e. The van der Waals surface area contributed by atoms with E-state index in [1.165, 1.54) is 0 Å². The molecule has 4 heteroatoms. The average Bonchev–Trinajstić information content (AvgIpc) is 3.04. The summed E-state index contributed by atoms with van der Waals surface area (Å²) in [6.07, 6.45) is 2.37. The molecule has 1 heterocycles. The minimum atomic E-state index is -0.408. The van der Waals surface area contributed by atoms with Crippen LogP contribution in [0.3, 0.4) is 0 Å². The number of aromatic nitrogens is 1. The summed E-state index contributed by atoms with van der Waals surface area (Å²) >= 11 is 0. The highest BCUT2D eigenvalue weighted by atomic mass is 16.4. The summed E-state index contributed by atoms with van der Waals surface area (Å²) in [5, 5.41) is 2.78. The number of amides is 1. The molecule has 0 aliphatic rings. The van der Waals surface area contributed by atoms with E-state index < -0.39 is 5.92 Å². The molecule has 1 aromatic heterocycles. The predicted octanol–water partition coefficient (Wildman–Crippen LogP) is 4.01. The molecular formula is C19H18N2O2. The minimum absolute atomic E-state index is 0.160. The summed E-state index contributed by atoms with van der Waals surface area (Å²) in [7, 11) is 0. The van der Waals surface area contributed by atoms with Crippen molar-refractivity contribution in [2.75, 3.05) is 5.32 Å². The first-order valence-electron chi connectivity index (χ1n) is 7.63. The lowest BCUT2D eigenvalue weighted by Crippen LogP contribution is -2.22. The molecule has 3 rings (SSSR count). The first-order chi connectivity index (χ1) is 11.3. The Morgan fingerprint density at radius 1 is 1.04 bits per heavy atom. The largest absolute Gasteiger partial charge is 0.429 e. The van der Waals surface area contributed by atoms with E-state index in [1.54, 1.807) is 6.20 Å². The highest BCUT2D eigenvalue weighted by Gasteiger charge is 2.23. The normalized spacial score (nSPS) is 10.7. The van der Waals surface area contributed by atoms with Gasteiger partial charge in [0.1, 0.15) is 5.76 Å². The second kappa shape index (κ2) is 6.92. The number of hydrogen-bond acceptors (Lipinski definition) is 3. The molecule has 0 spiro atoms. The number of oxazole rings is 1. The number of anilines is 1. The highest BCUT2D eigenvalue weighted by molar-refractivity contribution is 5.96. The Bertz CT molecular complexity index is 727. The Morgan fingerprint density at radius 3 is 2.09 bits per heavy atom. The van der Waals surface area contributed by atoms with Gasteiger partial charge >= 0.3 is 6.01 Å². The Labute approximate surface area is 135 Å². The summed E-state index contributed by atoms with van der Waals surface area (Å²) in [5.41, 5.74) is 1.86. The molecular weight excluding hydrogens is 288 g/mol. The third kappa shape index (κ3) is 3.48. The van der Waals surface area contributed by atoms with E-state index in [4.69, 9.17) is 4.42 Å². The Hall–Kier alpha value is -2.88. The van der Waals surface area contributed by atoms with Crippen LogP contribution in [0, 0.1) is 0 Å². The first kappa shape index (κ1) is 15.0. The van der Waals surface area contributed by atoms with Crippen LogP contribution in [0.15, 0.2) is 71.3 Å². The van der Waals surface area contributed by atoms with Crippen molar-refractivity contribution < 1.29 is 9.21 Å². The van der Waals surface area contributed by atoms with Crippen molar-refractivity contribution in [3.05, 3.63) is 83.7 Å².